The summed E-state index contributed by atoms with van der Waals surface area (Å²) >= 11 is 0. The van der Waals surface area contributed by atoms with Gasteiger partial charge in [0.25, 0.3) is 0 Å². The van der Waals surface area contributed by atoms with E-state index in [2.05, 4.69) is 0 Å². The van der Waals surface area contributed by atoms with E-state index in [0.29, 0.717) is 31.3 Å². The monoisotopic (exact) mass is 432 g/mol. The number of allylic oxidation sites excluding steroid dienone is 2. The Morgan fingerprint density at radius 2 is 2.03 bits per heavy atom. The molecule has 0 bridgehead atoms. The quantitative estimate of drug-likeness (QED) is 0.545. The molecule has 1 heterocycles. The Kier molecular flexibility index (Phi) is 4.16. The second kappa shape index (κ2) is 6.13. The van der Waals surface area contributed by atoms with Gasteiger partial charge in [0.1, 0.15) is 11.2 Å². The van der Waals surface area contributed by atoms with Crippen molar-refractivity contribution in [3.05, 3.63) is 23.6 Å². The maximum atomic E-state index is 14.8. The van der Waals surface area contributed by atoms with Crippen LogP contribution < -0.4 is 0 Å². The number of ether oxygens (including phenoxy) is 2. The van der Waals surface area contributed by atoms with Gasteiger partial charge in [0.05, 0.1) is 6.10 Å². The van der Waals surface area contributed by atoms with E-state index in [4.69, 9.17) is 9.47 Å². The highest BCUT2D eigenvalue weighted by atomic mass is 19.1. The molecule has 0 aromatic rings. The van der Waals surface area contributed by atoms with Gasteiger partial charge >= 0.3 is 5.97 Å². The molecule has 1 unspecified atom stereocenters. The molecule has 1 spiro atoms. The number of rotatable bonds is 3. The predicted octanol–water partition coefficient (Wildman–Crippen LogP) is 2.83. The van der Waals surface area contributed by atoms with E-state index in [0.717, 1.165) is 0 Å². The van der Waals surface area contributed by atoms with Crippen molar-refractivity contribution in [1.29, 1.82) is 0 Å². The van der Waals surface area contributed by atoms with E-state index in [1.165, 1.54) is 13.0 Å². The fraction of sp³-hybridized carbons (Fsp3) is 0.708. The van der Waals surface area contributed by atoms with Crippen molar-refractivity contribution in [2.45, 2.75) is 70.7 Å². The third kappa shape index (κ3) is 2.26. The van der Waals surface area contributed by atoms with Gasteiger partial charge in [-0.1, -0.05) is 19.9 Å². The molecule has 4 fully saturated rings. The van der Waals surface area contributed by atoms with E-state index < -0.39 is 52.0 Å². The Labute approximate surface area is 180 Å². The van der Waals surface area contributed by atoms with E-state index in [-0.39, 0.29) is 23.9 Å². The molecular formula is C24H29FO6. The number of esters is 1. The summed E-state index contributed by atoms with van der Waals surface area (Å²) in [6.07, 6.45) is 5.11. The van der Waals surface area contributed by atoms with Gasteiger partial charge in [-0.15, -0.1) is 0 Å². The lowest BCUT2D eigenvalue weighted by Gasteiger charge is -2.55. The molecule has 4 aliphatic carbocycles. The second-order valence-corrected chi connectivity index (χ2v) is 10.6. The first-order valence-corrected chi connectivity index (χ1v) is 11.1. The lowest BCUT2D eigenvalue weighted by molar-refractivity contribution is -0.170. The Morgan fingerprint density at radius 1 is 1.32 bits per heavy atom. The molecule has 1 N–H and O–H groups in total. The summed E-state index contributed by atoms with van der Waals surface area (Å²) in [5.74, 6) is -2.53. The van der Waals surface area contributed by atoms with Gasteiger partial charge < -0.3 is 14.6 Å². The Bertz CT molecular complexity index is 969. The fourth-order valence-corrected chi connectivity index (χ4v) is 7.93. The van der Waals surface area contributed by atoms with Crippen molar-refractivity contribution < 1.29 is 33.4 Å². The number of hydrogen-bond donors (Lipinski definition) is 1. The number of aliphatic hydroxyl groups is 1. The molecule has 7 heteroatoms. The van der Waals surface area contributed by atoms with Crippen molar-refractivity contribution >= 4 is 17.5 Å². The van der Waals surface area contributed by atoms with Crippen LogP contribution in [0.5, 0.6) is 0 Å². The van der Waals surface area contributed by atoms with Gasteiger partial charge in [0.15, 0.2) is 12.4 Å². The Morgan fingerprint density at radius 3 is 2.71 bits per heavy atom. The molecule has 31 heavy (non-hydrogen) atoms. The summed E-state index contributed by atoms with van der Waals surface area (Å²) in [6.45, 7) is 6.58. The number of ketones is 2. The highest BCUT2D eigenvalue weighted by Gasteiger charge is 2.82. The first-order chi connectivity index (χ1) is 14.4. The molecule has 5 aliphatic rings. The largest absolute Gasteiger partial charge is 0.458 e. The van der Waals surface area contributed by atoms with Gasteiger partial charge in [-0.2, -0.15) is 0 Å². The topological polar surface area (TPSA) is 93.2 Å². The third-order valence-electron chi connectivity index (χ3n) is 9.44. The van der Waals surface area contributed by atoms with E-state index in [9.17, 15) is 23.9 Å². The Hall–Kier alpha value is -1.86. The fourth-order valence-electron chi connectivity index (χ4n) is 7.93. The lowest BCUT2D eigenvalue weighted by Crippen LogP contribution is -2.62. The zero-order chi connectivity index (χ0) is 22.6. The number of fused-ring (bicyclic) bond motifs is 3. The van der Waals surface area contributed by atoms with Crippen molar-refractivity contribution in [3.63, 3.8) is 0 Å². The molecule has 0 radical (unpaired) electrons. The zero-order valence-electron chi connectivity index (χ0n) is 18.4. The van der Waals surface area contributed by atoms with E-state index >= 15 is 0 Å². The summed E-state index contributed by atoms with van der Waals surface area (Å²) in [5, 5.41) is 11.8. The zero-order valence-corrected chi connectivity index (χ0v) is 18.4. The summed E-state index contributed by atoms with van der Waals surface area (Å²) < 4.78 is 26.1. The summed E-state index contributed by atoms with van der Waals surface area (Å²) in [4.78, 5) is 36.3. The minimum absolute atomic E-state index is 0.00000709. The van der Waals surface area contributed by atoms with Crippen LogP contribution in [0.2, 0.25) is 0 Å². The molecule has 8 atom stereocenters. The van der Waals surface area contributed by atoms with E-state index in [1.807, 2.05) is 20.8 Å². The predicted molar refractivity (Wildman–Crippen MR) is 107 cm³/mol. The number of epoxide rings is 1. The van der Waals surface area contributed by atoms with Crippen LogP contribution in [0.4, 0.5) is 4.39 Å². The first kappa shape index (κ1) is 21.0. The summed E-state index contributed by atoms with van der Waals surface area (Å²) in [6, 6.07) is 0. The molecule has 1 aliphatic heterocycles. The molecule has 168 valence electrons. The molecule has 0 aromatic heterocycles. The summed E-state index contributed by atoms with van der Waals surface area (Å²) in [5.41, 5.74) is -3.14. The highest BCUT2D eigenvalue weighted by Crippen LogP contribution is 2.76. The number of carbonyl (C=O) groups is 3. The lowest BCUT2D eigenvalue weighted by atomic mass is 9.46. The van der Waals surface area contributed by atoms with E-state index in [1.54, 1.807) is 6.08 Å². The number of hydrogen-bond acceptors (Lipinski definition) is 6. The average Bonchev–Trinajstić information content (AvgIpc) is 3.39. The van der Waals surface area contributed by atoms with Gasteiger partial charge in [0, 0.05) is 17.8 Å². The normalized spacial score (nSPS) is 49.7. The highest BCUT2D eigenvalue weighted by molar-refractivity contribution is 6.04. The van der Waals surface area contributed by atoms with Gasteiger partial charge in [-0.05, 0) is 62.0 Å². The van der Waals surface area contributed by atoms with Crippen LogP contribution in [0.15, 0.2) is 23.6 Å². The van der Waals surface area contributed by atoms with Crippen molar-refractivity contribution in [3.8, 4) is 0 Å². The third-order valence-corrected chi connectivity index (χ3v) is 9.44. The SMILES string of the molecule is CC(=O)OCC(=O)[C@@]1(O)[C@H](C)C[C@H]2[C@@H]3CCC4=C(F)C(=O)C=C[C@]4(C)[C@]34OC4C[C@@]21C. The number of Topliss-reactive ketones (excluding diaryl/α,β-unsaturated/α-hetero) is 1. The van der Waals surface area contributed by atoms with Crippen LogP contribution in [-0.2, 0) is 23.9 Å². The first-order valence-electron chi connectivity index (χ1n) is 11.1. The van der Waals surface area contributed by atoms with Crippen LogP contribution in [0.3, 0.4) is 0 Å². The number of halogens is 1. The van der Waals surface area contributed by atoms with Gasteiger partial charge in [-0.3, -0.25) is 14.4 Å². The average molecular weight is 432 g/mol. The molecule has 6 nitrogen and oxygen atoms in total. The minimum Gasteiger partial charge on any atom is -0.458 e. The van der Waals surface area contributed by atoms with Gasteiger partial charge in [0.2, 0.25) is 11.6 Å². The molecule has 0 amide bonds. The van der Waals surface area contributed by atoms with Crippen LogP contribution >= 0.6 is 0 Å². The Balaban J connectivity index is 1.54. The molecule has 3 saturated carbocycles. The molecular weight excluding hydrogens is 403 g/mol. The standard InChI is InChI=1S/C24H29FO6/c1-12-9-16-14-5-6-15-20(25)17(27)7-8-21(15,3)24(14)19(31-24)10-22(16,4)23(12,29)18(28)11-30-13(2)26/h7-8,12,14,16,19,29H,5-6,9-11H2,1-4H3/t12-,14+,16+,19?,21+,22+,23+,24+/m1/s1. The van der Waals surface area contributed by atoms with Crippen LogP contribution in [0.25, 0.3) is 0 Å². The molecule has 5 rings (SSSR count). The second-order valence-electron chi connectivity index (χ2n) is 10.6. The van der Waals surface area contributed by atoms with Crippen molar-refractivity contribution in [2.24, 2.45) is 28.6 Å². The maximum Gasteiger partial charge on any atom is 0.303 e. The van der Waals surface area contributed by atoms with Crippen molar-refractivity contribution in [2.75, 3.05) is 6.61 Å². The van der Waals surface area contributed by atoms with Gasteiger partial charge in [-0.25, -0.2) is 4.39 Å². The summed E-state index contributed by atoms with van der Waals surface area (Å²) in [7, 11) is 0. The smallest absolute Gasteiger partial charge is 0.303 e. The van der Waals surface area contributed by atoms with Crippen LogP contribution in [-0.4, -0.2) is 46.6 Å². The molecule has 0 aromatic carbocycles. The minimum atomic E-state index is -1.62. The van der Waals surface area contributed by atoms with Crippen LogP contribution in [0.1, 0.15) is 53.4 Å². The number of carbonyl (C=O) groups excluding carboxylic acids is 3. The molecule has 1 saturated heterocycles. The van der Waals surface area contributed by atoms with Crippen LogP contribution in [0, 0.1) is 28.6 Å². The maximum absolute atomic E-state index is 14.8. The van der Waals surface area contributed by atoms with Crippen molar-refractivity contribution in [1.82, 2.24) is 0 Å².